The summed E-state index contributed by atoms with van der Waals surface area (Å²) in [6, 6.07) is 12.7. The highest BCUT2D eigenvalue weighted by Gasteiger charge is 2.06. The van der Waals surface area contributed by atoms with Crippen LogP contribution in [0.2, 0.25) is 5.02 Å². The van der Waals surface area contributed by atoms with E-state index >= 15 is 0 Å². The third kappa shape index (κ3) is 5.64. The van der Waals surface area contributed by atoms with Crippen molar-refractivity contribution in [1.29, 1.82) is 0 Å². The van der Waals surface area contributed by atoms with Gasteiger partial charge in [0.15, 0.2) is 6.61 Å². The van der Waals surface area contributed by atoms with Gasteiger partial charge in [-0.05, 0) is 58.7 Å². The first-order chi connectivity index (χ1) is 11.0. The van der Waals surface area contributed by atoms with Crippen LogP contribution in [0.5, 0.6) is 5.75 Å². The minimum Gasteiger partial charge on any atom is -0.483 e. The summed E-state index contributed by atoms with van der Waals surface area (Å²) in [6.45, 7) is 1.67. The number of carbonyl (C=O) groups is 1. The number of nitrogens with zero attached hydrogens (tertiary/aromatic N) is 1. The van der Waals surface area contributed by atoms with Gasteiger partial charge in [-0.15, -0.1) is 0 Å². The Labute approximate surface area is 156 Å². The van der Waals surface area contributed by atoms with Crippen LogP contribution in [0.15, 0.2) is 56.5 Å². The summed E-state index contributed by atoms with van der Waals surface area (Å²) in [5.41, 5.74) is 4.02. The van der Waals surface area contributed by atoms with E-state index in [1.165, 1.54) is 0 Å². The lowest BCUT2D eigenvalue weighted by atomic mass is 10.1. The molecule has 2 rings (SSSR count). The van der Waals surface area contributed by atoms with Crippen molar-refractivity contribution in [2.75, 3.05) is 6.61 Å². The van der Waals surface area contributed by atoms with Crippen molar-refractivity contribution in [2.24, 2.45) is 5.10 Å². The second kappa shape index (κ2) is 8.47. The molecule has 23 heavy (non-hydrogen) atoms. The molecule has 4 nitrogen and oxygen atoms in total. The topological polar surface area (TPSA) is 50.7 Å². The summed E-state index contributed by atoms with van der Waals surface area (Å²) in [7, 11) is 0. The zero-order valence-electron chi connectivity index (χ0n) is 12.1. The maximum atomic E-state index is 11.8. The van der Waals surface area contributed by atoms with Crippen molar-refractivity contribution >= 4 is 55.1 Å². The number of nitrogens with one attached hydrogen (secondary N) is 1. The summed E-state index contributed by atoms with van der Waals surface area (Å²) < 4.78 is 7.13. The predicted octanol–water partition coefficient (Wildman–Crippen LogP) is 4.78. The minimum atomic E-state index is -0.340. The van der Waals surface area contributed by atoms with Gasteiger partial charge in [0.05, 0.1) is 10.2 Å². The molecular weight excluding hydrogens is 447 g/mol. The smallest absolute Gasteiger partial charge is 0.277 e. The Morgan fingerprint density at radius 3 is 2.57 bits per heavy atom. The van der Waals surface area contributed by atoms with E-state index in [-0.39, 0.29) is 12.5 Å². The molecule has 0 aliphatic carbocycles. The number of rotatable bonds is 5. The van der Waals surface area contributed by atoms with Crippen molar-refractivity contribution in [1.82, 2.24) is 5.43 Å². The number of halogens is 3. The van der Waals surface area contributed by atoms with Gasteiger partial charge >= 0.3 is 0 Å². The van der Waals surface area contributed by atoms with Gasteiger partial charge in [0.25, 0.3) is 5.91 Å². The van der Waals surface area contributed by atoms with E-state index in [1.54, 1.807) is 25.1 Å². The van der Waals surface area contributed by atoms with Crippen molar-refractivity contribution in [3.63, 3.8) is 0 Å². The zero-order valence-corrected chi connectivity index (χ0v) is 16.1. The summed E-state index contributed by atoms with van der Waals surface area (Å²) in [6.07, 6.45) is 0. The number of amides is 1. The van der Waals surface area contributed by atoms with Gasteiger partial charge in [0.1, 0.15) is 5.75 Å². The van der Waals surface area contributed by atoms with Gasteiger partial charge in [0, 0.05) is 9.50 Å². The lowest BCUT2D eigenvalue weighted by Gasteiger charge is -2.08. The predicted molar refractivity (Wildman–Crippen MR) is 99.1 cm³/mol. The monoisotopic (exact) mass is 458 g/mol. The quantitative estimate of drug-likeness (QED) is 0.516. The van der Waals surface area contributed by atoms with Gasteiger partial charge in [-0.25, -0.2) is 5.43 Å². The SMILES string of the molecule is CC(=NNC(=O)COc1ccc(Br)cc1Br)c1ccc(Cl)cc1. The highest BCUT2D eigenvalue weighted by Crippen LogP contribution is 2.28. The highest BCUT2D eigenvalue weighted by atomic mass is 79.9. The first kappa shape index (κ1) is 18.0. The molecular formula is C16H13Br2ClN2O2. The van der Waals surface area contributed by atoms with Crippen molar-refractivity contribution in [2.45, 2.75) is 6.92 Å². The third-order valence-corrected chi connectivity index (χ3v) is 4.23. The minimum absolute atomic E-state index is 0.127. The summed E-state index contributed by atoms with van der Waals surface area (Å²) in [4.78, 5) is 11.8. The van der Waals surface area contributed by atoms with E-state index < -0.39 is 0 Å². The molecule has 1 amide bonds. The molecule has 0 unspecified atom stereocenters. The van der Waals surface area contributed by atoms with Crippen LogP contribution in [0.1, 0.15) is 12.5 Å². The Kier molecular flexibility index (Phi) is 6.62. The number of hydrazone groups is 1. The maximum Gasteiger partial charge on any atom is 0.277 e. The molecule has 0 saturated heterocycles. The number of benzene rings is 2. The van der Waals surface area contributed by atoms with Gasteiger partial charge < -0.3 is 4.74 Å². The molecule has 2 aromatic carbocycles. The van der Waals surface area contributed by atoms with Crippen molar-refractivity contribution < 1.29 is 9.53 Å². The first-order valence-electron chi connectivity index (χ1n) is 6.62. The van der Waals surface area contributed by atoms with Crippen LogP contribution in [-0.4, -0.2) is 18.2 Å². The largest absolute Gasteiger partial charge is 0.483 e. The fraction of sp³-hybridized carbons (Fsp3) is 0.125. The number of hydrogen-bond donors (Lipinski definition) is 1. The standard InChI is InChI=1S/C16H13Br2ClN2O2/c1-10(11-2-5-13(19)6-3-11)20-21-16(22)9-23-15-7-4-12(17)8-14(15)18/h2-8H,9H2,1H3,(H,21,22). The summed E-state index contributed by atoms with van der Waals surface area (Å²) in [5.74, 6) is 0.245. The van der Waals surface area contributed by atoms with E-state index in [0.717, 1.165) is 14.5 Å². The van der Waals surface area contributed by atoms with Crippen LogP contribution >= 0.6 is 43.5 Å². The highest BCUT2D eigenvalue weighted by molar-refractivity contribution is 9.11. The molecule has 0 fully saturated rings. The Hall–Kier alpha value is -1.37. The number of hydrogen-bond acceptors (Lipinski definition) is 3. The maximum absolute atomic E-state index is 11.8. The van der Waals surface area contributed by atoms with E-state index in [0.29, 0.717) is 16.5 Å². The second-order valence-corrected chi connectivity index (χ2v) is 6.81. The molecule has 0 saturated carbocycles. The van der Waals surface area contributed by atoms with E-state index in [4.69, 9.17) is 16.3 Å². The average molecular weight is 461 g/mol. The van der Waals surface area contributed by atoms with Crippen LogP contribution in [0.3, 0.4) is 0 Å². The summed E-state index contributed by atoms with van der Waals surface area (Å²) >= 11 is 12.6. The lowest BCUT2D eigenvalue weighted by Crippen LogP contribution is -2.25. The molecule has 0 spiro atoms. The first-order valence-corrected chi connectivity index (χ1v) is 8.59. The molecule has 0 aliphatic rings. The fourth-order valence-corrected chi connectivity index (χ4v) is 2.96. The van der Waals surface area contributed by atoms with Gasteiger partial charge in [-0.2, -0.15) is 5.10 Å². The van der Waals surface area contributed by atoms with Gasteiger partial charge in [-0.1, -0.05) is 39.7 Å². The van der Waals surface area contributed by atoms with Crippen LogP contribution in [-0.2, 0) is 4.79 Å². The molecule has 1 N–H and O–H groups in total. The molecule has 0 atom stereocenters. The van der Waals surface area contributed by atoms with Crippen molar-refractivity contribution in [3.8, 4) is 5.75 Å². The second-order valence-electron chi connectivity index (χ2n) is 4.60. The third-order valence-electron chi connectivity index (χ3n) is 2.86. The van der Waals surface area contributed by atoms with Crippen LogP contribution in [0.25, 0.3) is 0 Å². The van der Waals surface area contributed by atoms with Gasteiger partial charge in [0.2, 0.25) is 0 Å². The van der Waals surface area contributed by atoms with Crippen LogP contribution < -0.4 is 10.2 Å². The van der Waals surface area contributed by atoms with Crippen molar-refractivity contribution in [3.05, 3.63) is 62.0 Å². The molecule has 120 valence electrons. The molecule has 7 heteroatoms. The normalized spacial score (nSPS) is 11.2. The van der Waals surface area contributed by atoms with Crippen LogP contribution in [0, 0.1) is 0 Å². The zero-order chi connectivity index (χ0) is 16.8. The molecule has 0 aliphatic heterocycles. The van der Waals surface area contributed by atoms with Crippen LogP contribution in [0.4, 0.5) is 0 Å². The molecule has 0 radical (unpaired) electrons. The van der Waals surface area contributed by atoms with Gasteiger partial charge in [-0.3, -0.25) is 4.79 Å². The number of carbonyl (C=O) groups excluding carboxylic acids is 1. The molecule has 0 heterocycles. The van der Waals surface area contributed by atoms with E-state index in [2.05, 4.69) is 42.4 Å². The van der Waals surface area contributed by atoms with E-state index in [9.17, 15) is 4.79 Å². The Bertz CT molecular complexity index is 733. The molecule has 0 bridgehead atoms. The van der Waals surface area contributed by atoms with E-state index in [1.807, 2.05) is 24.3 Å². The lowest BCUT2D eigenvalue weighted by molar-refractivity contribution is -0.123. The average Bonchev–Trinajstić information content (AvgIpc) is 2.52. The Morgan fingerprint density at radius 1 is 1.22 bits per heavy atom. The Balaban J connectivity index is 1.89. The molecule has 2 aromatic rings. The Morgan fingerprint density at radius 2 is 1.91 bits per heavy atom. The molecule has 0 aromatic heterocycles. The number of ether oxygens (including phenoxy) is 1. The fourth-order valence-electron chi connectivity index (χ4n) is 1.67. The summed E-state index contributed by atoms with van der Waals surface area (Å²) in [5, 5.41) is 4.70.